The van der Waals surface area contributed by atoms with E-state index in [2.05, 4.69) is 4.98 Å². The zero-order chi connectivity index (χ0) is 11.5. The van der Waals surface area contributed by atoms with E-state index in [4.69, 9.17) is 4.74 Å². The first-order valence-corrected chi connectivity index (χ1v) is 4.90. The molecule has 0 spiro atoms. The lowest BCUT2D eigenvalue weighted by Gasteiger charge is -2.07. The zero-order valence-electron chi connectivity index (χ0n) is 9.18. The van der Waals surface area contributed by atoms with Gasteiger partial charge in [0.1, 0.15) is 5.75 Å². The Bertz CT molecular complexity index is 544. The van der Waals surface area contributed by atoms with E-state index in [0.29, 0.717) is 5.75 Å². The summed E-state index contributed by atoms with van der Waals surface area (Å²) in [6.07, 6.45) is 3.31. The number of nitrogens with zero attached hydrogens (tertiary/aromatic N) is 2. The first-order valence-electron chi connectivity index (χ1n) is 4.90. The van der Waals surface area contributed by atoms with Crippen LogP contribution in [0, 0.1) is 6.92 Å². The van der Waals surface area contributed by atoms with E-state index < -0.39 is 0 Å². The number of hydrogen-bond acceptors (Lipinski definition) is 3. The fraction of sp³-hybridized carbons (Fsp3) is 0.167. The molecule has 0 amide bonds. The normalized spacial score (nSPS) is 10.1. The van der Waals surface area contributed by atoms with Gasteiger partial charge in [-0.15, -0.1) is 0 Å². The van der Waals surface area contributed by atoms with Gasteiger partial charge in [0.15, 0.2) is 0 Å². The van der Waals surface area contributed by atoms with Gasteiger partial charge < -0.3 is 4.74 Å². The third kappa shape index (κ3) is 1.95. The van der Waals surface area contributed by atoms with Gasteiger partial charge in [-0.05, 0) is 25.1 Å². The summed E-state index contributed by atoms with van der Waals surface area (Å²) in [7, 11) is 1.57. The lowest BCUT2D eigenvalue weighted by Crippen LogP contribution is -2.16. The van der Waals surface area contributed by atoms with Crippen LogP contribution in [0.1, 0.15) is 5.69 Å². The van der Waals surface area contributed by atoms with Crippen molar-refractivity contribution in [1.82, 2.24) is 9.55 Å². The summed E-state index contributed by atoms with van der Waals surface area (Å²) in [5, 5.41) is 0. The van der Waals surface area contributed by atoms with Crippen molar-refractivity contribution in [2.24, 2.45) is 0 Å². The van der Waals surface area contributed by atoms with Crippen LogP contribution in [0.3, 0.4) is 0 Å². The molecule has 0 atom stereocenters. The van der Waals surface area contributed by atoms with Gasteiger partial charge in [0.2, 0.25) is 0 Å². The van der Waals surface area contributed by atoms with Crippen LogP contribution in [0.4, 0.5) is 0 Å². The van der Waals surface area contributed by atoms with Crippen molar-refractivity contribution in [1.29, 1.82) is 0 Å². The first kappa shape index (κ1) is 10.4. The van der Waals surface area contributed by atoms with Crippen LogP contribution < -0.4 is 10.3 Å². The van der Waals surface area contributed by atoms with Crippen molar-refractivity contribution in [3.63, 3.8) is 0 Å². The molecule has 0 bridgehead atoms. The van der Waals surface area contributed by atoms with Crippen LogP contribution in [-0.4, -0.2) is 16.7 Å². The molecule has 2 aromatic heterocycles. The quantitative estimate of drug-likeness (QED) is 0.765. The zero-order valence-corrected chi connectivity index (χ0v) is 9.18. The smallest absolute Gasteiger partial charge is 0.255 e. The van der Waals surface area contributed by atoms with Crippen molar-refractivity contribution in [3.05, 3.63) is 52.7 Å². The van der Waals surface area contributed by atoms with Crippen LogP contribution >= 0.6 is 0 Å². The van der Waals surface area contributed by atoms with Gasteiger partial charge in [-0.3, -0.25) is 14.3 Å². The molecule has 0 radical (unpaired) electrons. The number of pyridine rings is 2. The Morgan fingerprint density at radius 1 is 1.25 bits per heavy atom. The fourth-order valence-electron chi connectivity index (χ4n) is 1.39. The molecule has 0 aromatic carbocycles. The summed E-state index contributed by atoms with van der Waals surface area (Å²) < 4.78 is 6.58. The number of methoxy groups -OCH3 is 1. The Labute approximate surface area is 93.1 Å². The fourth-order valence-corrected chi connectivity index (χ4v) is 1.39. The minimum atomic E-state index is -0.105. The van der Waals surface area contributed by atoms with Crippen molar-refractivity contribution < 1.29 is 4.74 Å². The minimum Gasteiger partial charge on any atom is -0.495 e. The SMILES string of the molecule is COc1ccc(=O)n(-c2ccc(C)nc2)c1. The van der Waals surface area contributed by atoms with Gasteiger partial charge in [-0.2, -0.15) is 0 Å². The molecular weight excluding hydrogens is 204 g/mol. The molecule has 4 heteroatoms. The molecule has 0 unspecified atom stereocenters. The summed E-state index contributed by atoms with van der Waals surface area (Å²) in [6.45, 7) is 1.90. The molecule has 2 aromatic rings. The van der Waals surface area contributed by atoms with Crippen LogP contribution in [0.5, 0.6) is 5.75 Å². The average molecular weight is 216 g/mol. The Morgan fingerprint density at radius 2 is 2.06 bits per heavy atom. The van der Waals surface area contributed by atoms with Crippen molar-refractivity contribution in [2.75, 3.05) is 7.11 Å². The maximum atomic E-state index is 11.7. The van der Waals surface area contributed by atoms with E-state index in [1.807, 2.05) is 19.1 Å². The number of aromatic nitrogens is 2. The summed E-state index contributed by atoms with van der Waals surface area (Å²) in [6, 6.07) is 6.82. The molecule has 4 nitrogen and oxygen atoms in total. The molecule has 0 saturated heterocycles. The molecule has 0 fully saturated rings. The molecule has 82 valence electrons. The number of aryl methyl sites for hydroxylation is 1. The van der Waals surface area contributed by atoms with Gasteiger partial charge in [-0.1, -0.05) is 0 Å². The number of ether oxygens (including phenoxy) is 1. The van der Waals surface area contributed by atoms with Crippen LogP contribution in [0.25, 0.3) is 5.69 Å². The highest BCUT2D eigenvalue weighted by molar-refractivity contribution is 5.32. The van der Waals surface area contributed by atoms with Gasteiger partial charge >= 0.3 is 0 Å². The van der Waals surface area contributed by atoms with E-state index in [0.717, 1.165) is 11.4 Å². The topological polar surface area (TPSA) is 44.1 Å². The molecular formula is C12H12N2O2. The lowest BCUT2D eigenvalue weighted by atomic mass is 10.3. The highest BCUT2D eigenvalue weighted by Gasteiger charge is 2.01. The second-order valence-corrected chi connectivity index (χ2v) is 3.43. The Balaban J connectivity index is 2.54. The van der Waals surface area contributed by atoms with Gasteiger partial charge in [0, 0.05) is 11.8 Å². The van der Waals surface area contributed by atoms with E-state index >= 15 is 0 Å². The Kier molecular flexibility index (Phi) is 2.72. The Hall–Kier alpha value is -2.10. The van der Waals surface area contributed by atoms with E-state index in [1.165, 1.54) is 10.6 Å². The lowest BCUT2D eigenvalue weighted by molar-refractivity contribution is 0.411. The van der Waals surface area contributed by atoms with E-state index in [1.54, 1.807) is 25.6 Å². The predicted octanol–water partition coefficient (Wildman–Crippen LogP) is 1.55. The molecule has 0 aliphatic rings. The molecule has 2 heterocycles. The highest BCUT2D eigenvalue weighted by atomic mass is 16.5. The van der Waals surface area contributed by atoms with E-state index in [9.17, 15) is 4.79 Å². The summed E-state index contributed by atoms with van der Waals surface area (Å²) in [5.74, 6) is 0.639. The maximum absolute atomic E-state index is 11.7. The molecule has 2 rings (SSSR count). The summed E-state index contributed by atoms with van der Waals surface area (Å²) in [5.41, 5.74) is 1.54. The third-order valence-electron chi connectivity index (χ3n) is 2.29. The van der Waals surface area contributed by atoms with Gasteiger partial charge in [0.05, 0.1) is 25.2 Å². The van der Waals surface area contributed by atoms with Gasteiger partial charge in [-0.25, -0.2) is 0 Å². The second-order valence-electron chi connectivity index (χ2n) is 3.43. The molecule has 0 aliphatic carbocycles. The standard InChI is InChI=1S/C12H12N2O2/c1-9-3-4-10(7-13-9)14-8-11(16-2)5-6-12(14)15/h3-8H,1-2H3. The first-order chi connectivity index (χ1) is 7.70. The van der Waals surface area contributed by atoms with Crippen LogP contribution in [0.2, 0.25) is 0 Å². The monoisotopic (exact) mass is 216 g/mol. The minimum absolute atomic E-state index is 0.105. The number of hydrogen-bond donors (Lipinski definition) is 0. The summed E-state index contributed by atoms with van der Waals surface area (Å²) >= 11 is 0. The Morgan fingerprint density at radius 3 is 2.69 bits per heavy atom. The van der Waals surface area contributed by atoms with Crippen LogP contribution in [-0.2, 0) is 0 Å². The third-order valence-corrected chi connectivity index (χ3v) is 2.29. The molecule has 0 saturated carbocycles. The van der Waals surface area contributed by atoms with E-state index in [-0.39, 0.29) is 5.56 Å². The van der Waals surface area contributed by atoms with Gasteiger partial charge in [0.25, 0.3) is 5.56 Å². The molecule has 0 N–H and O–H groups in total. The van der Waals surface area contributed by atoms with Crippen molar-refractivity contribution in [3.8, 4) is 11.4 Å². The number of rotatable bonds is 2. The average Bonchev–Trinajstić information content (AvgIpc) is 2.31. The summed E-state index contributed by atoms with van der Waals surface area (Å²) in [4.78, 5) is 15.8. The molecule has 0 aliphatic heterocycles. The van der Waals surface area contributed by atoms with Crippen molar-refractivity contribution >= 4 is 0 Å². The molecule has 16 heavy (non-hydrogen) atoms. The van der Waals surface area contributed by atoms with Crippen molar-refractivity contribution in [2.45, 2.75) is 6.92 Å². The second kappa shape index (κ2) is 4.18. The highest BCUT2D eigenvalue weighted by Crippen LogP contribution is 2.10. The maximum Gasteiger partial charge on any atom is 0.255 e. The largest absolute Gasteiger partial charge is 0.495 e. The predicted molar refractivity (Wildman–Crippen MR) is 61.1 cm³/mol. The van der Waals surface area contributed by atoms with Crippen LogP contribution in [0.15, 0.2) is 41.5 Å².